The molecule has 0 saturated carbocycles. The maximum absolute atomic E-state index is 12.5. The van der Waals surface area contributed by atoms with E-state index in [1.165, 1.54) is 11.0 Å². The number of tetrazole rings is 1. The van der Waals surface area contributed by atoms with Gasteiger partial charge in [0.2, 0.25) is 0 Å². The van der Waals surface area contributed by atoms with Crippen LogP contribution in [0.25, 0.3) is 5.69 Å². The van der Waals surface area contributed by atoms with Gasteiger partial charge in [0.1, 0.15) is 6.33 Å². The van der Waals surface area contributed by atoms with Gasteiger partial charge in [0.05, 0.1) is 11.3 Å². The fourth-order valence-corrected chi connectivity index (χ4v) is 1.91. The van der Waals surface area contributed by atoms with E-state index in [1.54, 1.807) is 30.1 Å². The Morgan fingerprint density at radius 1 is 1.48 bits per heavy atom. The summed E-state index contributed by atoms with van der Waals surface area (Å²) in [5.41, 5.74) is 1.06. The van der Waals surface area contributed by atoms with Crippen LogP contribution in [0, 0.1) is 0 Å². The summed E-state index contributed by atoms with van der Waals surface area (Å²) >= 11 is 5.99. The zero-order valence-electron chi connectivity index (χ0n) is 11.7. The van der Waals surface area contributed by atoms with Crippen molar-refractivity contribution in [2.45, 2.75) is 0 Å². The van der Waals surface area contributed by atoms with E-state index < -0.39 is 0 Å². The van der Waals surface area contributed by atoms with Crippen molar-refractivity contribution < 1.29 is 4.79 Å². The van der Waals surface area contributed by atoms with Gasteiger partial charge >= 0.3 is 0 Å². The van der Waals surface area contributed by atoms with Crippen LogP contribution in [0.1, 0.15) is 10.4 Å². The number of rotatable bonds is 5. The molecule has 21 heavy (non-hydrogen) atoms. The molecule has 7 nitrogen and oxygen atoms in total. The minimum atomic E-state index is -0.131. The minimum absolute atomic E-state index is 0. The van der Waals surface area contributed by atoms with E-state index in [1.807, 2.05) is 7.05 Å². The molecule has 1 aromatic carbocycles. The van der Waals surface area contributed by atoms with E-state index in [-0.39, 0.29) is 18.3 Å². The van der Waals surface area contributed by atoms with Crippen LogP contribution < -0.4 is 5.32 Å². The third kappa shape index (κ3) is 4.13. The minimum Gasteiger partial charge on any atom is -0.340 e. The number of benzene rings is 1. The summed E-state index contributed by atoms with van der Waals surface area (Å²) in [4.78, 5) is 14.1. The highest BCUT2D eigenvalue weighted by Crippen LogP contribution is 2.20. The van der Waals surface area contributed by atoms with Crippen LogP contribution in [-0.4, -0.2) is 58.2 Å². The van der Waals surface area contributed by atoms with Crippen molar-refractivity contribution in [3.05, 3.63) is 35.1 Å². The van der Waals surface area contributed by atoms with E-state index in [2.05, 4.69) is 20.8 Å². The fraction of sp³-hybridized carbons (Fsp3) is 0.333. The molecule has 2 rings (SSSR count). The van der Waals surface area contributed by atoms with Crippen LogP contribution in [0.15, 0.2) is 24.5 Å². The number of carbonyl (C=O) groups is 1. The highest BCUT2D eigenvalue weighted by Gasteiger charge is 2.17. The molecule has 0 atom stereocenters. The molecular weight excluding hydrogens is 315 g/mol. The molecule has 0 aliphatic heterocycles. The van der Waals surface area contributed by atoms with E-state index in [9.17, 15) is 4.79 Å². The van der Waals surface area contributed by atoms with Crippen molar-refractivity contribution in [3.8, 4) is 5.69 Å². The molecule has 1 aromatic heterocycles. The predicted octanol–water partition coefficient (Wildman–Crippen LogP) is 1.03. The van der Waals surface area contributed by atoms with Crippen LogP contribution in [0.3, 0.4) is 0 Å². The average Bonchev–Trinajstić information content (AvgIpc) is 2.97. The average molecular weight is 331 g/mol. The Labute approximate surface area is 133 Å². The van der Waals surface area contributed by atoms with Gasteiger partial charge in [-0.15, -0.1) is 17.5 Å². The van der Waals surface area contributed by atoms with Gasteiger partial charge in [-0.25, -0.2) is 0 Å². The Hall–Kier alpha value is -1.70. The second kappa shape index (κ2) is 7.92. The molecule has 0 aliphatic carbocycles. The van der Waals surface area contributed by atoms with Gasteiger partial charge in [0, 0.05) is 25.2 Å². The van der Waals surface area contributed by atoms with Crippen LogP contribution in [0.2, 0.25) is 5.02 Å². The summed E-state index contributed by atoms with van der Waals surface area (Å²) in [5.74, 6) is -0.131. The van der Waals surface area contributed by atoms with Gasteiger partial charge in [0.15, 0.2) is 0 Å². The number of hydrogen-bond acceptors (Lipinski definition) is 5. The molecule has 0 unspecified atom stereocenters. The first-order valence-electron chi connectivity index (χ1n) is 6.06. The number of amides is 1. The number of nitrogens with one attached hydrogen (secondary N) is 1. The topological polar surface area (TPSA) is 75.9 Å². The molecule has 1 amide bonds. The van der Waals surface area contributed by atoms with Crippen molar-refractivity contribution in [1.29, 1.82) is 0 Å². The zero-order chi connectivity index (χ0) is 14.5. The maximum Gasteiger partial charge on any atom is 0.255 e. The first-order valence-corrected chi connectivity index (χ1v) is 6.44. The second-order valence-electron chi connectivity index (χ2n) is 4.25. The molecule has 0 fully saturated rings. The summed E-state index contributed by atoms with van der Waals surface area (Å²) in [6.45, 7) is 1.31. The van der Waals surface area contributed by atoms with Gasteiger partial charge in [-0.1, -0.05) is 11.6 Å². The molecule has 0 radical (unpaired) electrons. The summed E-state index contributed by atoms with van der Waals surface area (Å²) in [5, 5.41) is 14.5. The lowest BCUT2D eigenvalue weighted by Gasteiger charge is -2.18. The Morgan fingerprint density at radius 2 is 2.24 bits per heavy atom. The molecule has 9 heteroatoms. The Bertz CT molecular complexity index is 589. The number of nitrogens with zero attached hydrogens (tertiary/aromatic N) is 5. The molecule has 1 N–H and O–H groups in total. The predicted molar refractivity (Wildman–Crippen MR) is 82.3 cm³/mol. The van der Waals surface area contributed by atoms with Gasteiger partial charge in [-0.3, -0.25) is 4.79 Å². The maximum atomic E-state index is 12.5. The third-order valence-electron chi connectivity index (χ3n) is 2.83. The fourth-order valence-electron chi connectivity index (χ4n) is 1.74. The van der Waals surface area contributed by atoms with E-state index >= 15 is 0 Å². The SMILES string of the molecule is CNCCN(C)C(=O)c1cc(Cl)ccc1-n1cnnn1.Cl. The normalized spacial score (nSPS) is 10.0. The molecule has 0 saturated heterocycles. The van der Waals surface area contributed by atoms with E-state index in [0.717, 1.165) is 0 Å². The second-order valence-corrected chi connectivity index (χ2v) is 4.68. The molecule has 1 heterocycles. The number of carbonyl (C=O) groups excluding carboxylic acids is 1. The van der Waals surface area contributed by atoms with Gasteiger partial charge in [-0.05, 0) is 35.7 Å². The van der Waals surface area contributed by atoms with Crippen LogP contribution in [0.4, 0.5) is 0 Å². The summed E-state index contributed by atoms with van der Waals surface area (Å²) in [6, 6.07) is 5.04. The van der Waals surface area contributed by atoms with Crippen LogP contribution in [-0.2, 0) is 0 Å². The summed E-state index contributed by atoms with van der Waals surface area (Å²) in [7, 11) is 3.58. The molecular formula is C12H16Cl2N6O. The summed E-state index contributed by atoms with van der Waals surface area (Å²) < 4.78 is 1.44. The molecule has 2 aromatic rings. The Kier molecular flexibility index (Phi) is 6.54. The van der Waals surface area contributed by atoms with Crippen LogP contribution in [0.5, 0.6) is 0 Å². The standard InChI is InChI=1S/C12H15ClN6O.ClH/c1-14-5-6-18(2)12(20)10-7-9(13)3-4-11(10)19-8-15-16-17-19;/h3-4,7-8,14H,5-6H2,1-2H3;1H. The van der Waals surface area contributed by atoms with Gasteiger partial charge in [-0.2, -0.15) is 4.68 Å². The molecule has 0 bridgehead atoms. The number of hydrogen-bond donors (Lipinski definition) is 1. The molecule has 0 aliphatic rings. The smallest absolute Gasteiger partial charge is 0.255 e. The molecule has 0 spiro atoms. The Morgan fingerprint density at radius 3 is 2.86 bits per heavy atom. The first-order chi connectivity index (χ1) is 9.63. The quantitative estimate of drug-likeness (QED) is 0.886. The van der Waals surface area contributed by atoms with Gasteiger partial charge in [0.25, 0.3) is 5.91 Å². The summed E-state index contributed by atoms with van der Waals surface area (Å²) in [6.07, 6.45) is 1.44. The lowest BCUT2D eigenvalue weighted by Crippen LogP contribution is -2.33. The van der Waals surface area contributed by atoms with Crippen molar-refractivity contribution in [3.63, 3.8) is 0 Å². The third-order valence-corrected chi connectivity index (χ3v) is 3.06. The monoisotopic (exact) mass is 330 g/mol. The largest absolute Gasteiger partial charge is 0.340 e. The number of halogens is 2. The molecule has 114 valence electrons. The van der Waals surface area contributed by atoms with Gasteiger partial charge < -0.3 is 10.2 Å². The number of likely N-dealkylation sites (N-methyl/N-ethyl adjacent to an activating group) is 2. The highest BCUT2D eigenvalue weighted by atomic mass is 35.5. The first kappa shape index (κ1) is 17.4. The lowest BCUT2D eigenvalue weighted by molar-refractivity contribution is 0.0796. The van der Waals surface area contributed by atoms with E-state index in [4.69, 9.17) is 11.6 Å². The van der Waals surface area contributed by atoms with Crippen molar-refractivity contribution in [2.24, 2.45) is 0 Å². The van der Waals surface area contributed by atoms with Crippen molar-refractivity contribution >= 4 is 29.9 Å². The zero-order valence-corrected chi connectivity index (χ0v) is 13.2. The lowest BCUT2D eigenvalue weighted by atomic mass is 10.1. The van der Waals surface area contributed by atoms with Crippen molar-refractivity contribution in [2.75, 3.05) is 27.2 Å². The van der Waals surface area contributed by atoms with Crippen LogP contribution >= 0.6 is 24.0 Å². The van der Waals surface area contributed by atoms with Crippen molar-refractivity contribution in [1.82, 2.24) is 30.4 Å². The van der Waals surface area contributed by atoms with E-state index in [0.29, 0.717) is 29.4 Å². The highest BCUT2D eigenvalue weighted by molar-refractivity contribution is 6.31. The number of aromatic nitrogens is 4. The Balaban J connectivity index is 0.00000220.